The lowest BCUT2D eigenvalue weighted by atomic mass is 10.0. The molecule has 0 aliphatic heterocycles. The summed E-state index contributed by atoms with van der Waals surface area (Å²) in [7, 11) is 0. The monoisotopic (exact) mass is 285 g/mol. The van der Waals surface area contributed by atoms with E-state index in [1.807, 2.05) is 24.3 Å². The summed E-state index contributed by atoms with van der Waals surface area (Å²) < 4.78 is 5.92. The Morgan fingerprint density at radius 1 is 1.10 bits per heavy atom. The summed E-state index contributed by atoms with van der Waals surface area (Å²) in [6.45, 7) is 6.85. The first-order chi connectivity index (χ1) is 9.49. The molecule has 0 amide bonds. The summed E-state index contributed by atoms with van der Waals surface area (Å²) in [6, 6.07) is 12.0. The molecular weight excluding hydrogens is 266 g/mol. The van der Waals surface area contributed by atoms with Gasteiger partial charge in [-0.25, -0.2) is 0 Å². The molecule has 0 saturated carbocycles. The van der Waals surface area contributed by atoms with Crippen molar-refractivity contribution >= 4 is 17.2 Å². The minimum Gasteiger partial charge on any atom is -0.488 e. The summed E-state index contributed by atoms with van der Waals surface area (Å²) in [6.07, 6.45) is 0. The number of hydrogen-bond donors (Lipinski definition) is 1. The second-order valence-corrected chi connectivity index (χ2v) is 5.47. The predicted molar refractivity (Wildman–Crippen MR) is 87.3 cm³/mol. The van der Waals surface area contributed by atoms with Crippen LogP contribution in [0.15, 0.2) is 36.4 Å². The molecule has 0 heterocycles. The van der Waals surface area contributed by atoms with Crippen molar-refractivity contribution in [2.75, 3.05) is 0 Å². The van der Waals surface area contributed by atoms with E-state index in [4.69, 9.17) is 22.7 Å². The van der Waals surface area contributed by atoms with Crippen molar-refractivity contribution < 1.29 is 4.74 Å². The van der Waals surface area contributed by atoms with Gasteiger partial charge in [0.25, 0.3) is 0 Å². The molecule has 0 fully saturated rings. The number of nitrogens with two attached hydrogens (primary N) is 1. The third-order valence-corrected chi connectivity index (χ3v) is 3.58. The van der Waals surface area contributed by atoms with E-state index in [0.717, 1.165) is 11.3 Å². The number of benzene rings is 2. The number of rotatable bonds is 4. The molecule has 2 rings (SSSR count). The zero-order valence-electron chi connectivity index (χ0n) is 12.1. The molecular formula is C17H19NOS. The van der Waals surface area contributed by atoms with Crippen LogP contribution in [0.2, 0.25) is 0 Å². The first-order valence-electron chi connectivity index (χ1n) is 6.57. The Morgan fingerprint density at radius 3 is 2.30 bits per heavy atom. The lowest BCUT2D eigenvalue weighted by Gasteiger charge is -2.14. The largest absolute Gasteiger partial charge is 0.488 e. The molecule has 0 aliphatic carbocycles. The quantitative estimate of drug-likeness (QED) is 0.867. The van der Waals surface area contributed by atoms with Crippen molar-refractivity contribution in [1.82, 2.24) is 0 Å². The van der Waals surface area contributed by atoms with Gasteiger partial charge in [-0.15, -0.1) is 0 Å². The number of para-hydroxylation sites is 1. The van der Waals surface area contributed by atoms with Gasteiger partial charge in [-0.3, -0.25) is 0 Å². The van der Waals surface area contributed by atoms with Crippen LogP contribution in [0.4, 0.5) is 0 Å². The van der Waals surface area contributed by atoms with Gasteiger partial charge in [0.15, 0.2) is 0 Å². The normalized spacial score (nSPS) is 10.3. The van der Waals surface area contributed by atoms with E-state index in [-0.39, 0.29) is 0 Å². The van der Waals surface area contributed by atoms with Gasteiger partial charge in [0.05, 0.1) is 5.56 Å². The molecule has 0 spiro atoms. The molecule has 20 heavy (non-hydrogen) atoms. The van der Waals surface area contributed by atoms with Gasteiger partial charge in [0, 0.05) is 0 Å². The Kier molecular flexibility index (Phi) is 4.40. The smallest absolute Gasteiger partial charge is 0.129 e. The fourth-order valence-electron chi connectivity index (χ4n) is 2.38. The van der Waals surface area contributed by atoms with Crippen LogP contribution in [0, 0.1) is 20.8 Å². The maximum Gasteiger partial charge on any atom is 0.129 e. The van der Waals surface area contributed by atoms with Crippen molar-refractivity contribution in [1.29, 1.82) is 0 Å². The molecule has 0 unspecified atom stereocenters. The maximum atomic E-state index is 5.92. The first kappa shape index (κ1) is 14.5. The van der Waals surface area contributed by atoms with E-state index in [1.165, 1.54) is 22.3 Å². The molecule has 0 aromatic heterocycles. The Morgan fingerprint density at radius 2 is 1.70 bits per heavy atom. The van der Waals surface area contributed by atoms with Gasteiger partial charge in [-0.2, -0.15) is 0 Å². The van der Waals surface area contributed by atoms with Crippen LogP contribution in [0.1, 0.15) is 27.8 Å². The van der Waals surface area contributed by atoms with Crippen LogP contribution in [0.3, 0.4) is 0 Å². The van der Waals surface area contributed by atoms with Crippen molar-refractivity contribution in [3.05, 3.63) is 64.2 Å². The SMILES string of the molecule is Cc1cc(C)c(COc2ccccc2C(N)=S)c(C)c1. The zero-order valence-corrected chi connectivity index (χ0v) is 12.9. The molecule has 0 radical (unpaired) electrons. The molecule has 2 N–H and O–H groups in total. The molecule has 0 aliphatic rings. The minimum absolute atomic E-state index is 0.359. The fraction of sp³-hybridized carbons (Fsp3) is 0.235. The standard InChI is InChI=1S/C17H19NOS/c1-11-8-12(2)15(13(3)9-11)10-19-16-7-5-4-6-14(16)17(18)20/h4-9H,10H2,1-3H3,(H2,18,20). The fourth-order valence-corrected chi connectivity index (χ4v) is 2.55. The van der Waals surface area contributed by atoms with Crippen molar-refractivity contribution in [2.45, 2.75) is 27.4 Å². The topological polar surface area (TPSA) is 35.2 Å². The molecule has 2 aromatic carbocycles. The lowest BCUT2D eigenvalue weighted by molar-refractivity contribution is 0.304. The van der Waals surface area contributed by atoms with E-state index in [0.29, 0.717) is 11.6 Å². The average Bonchev–Trinajstić information content (AvgIpc) is 2.37. The summed E-state index contributed by atoms with van der Waals surface area (Å²) in [5, 5.41) is 0. The van der Waals surface area contributed by atoms with Crippen LogP contribution in [0.5, 0.6) is 5.75 Å². The molecule has 2 nitrogen and oxygen atoms in total. The first-order valence-corrected chi connectivity index (χ1v) is 6.98. The summed E-state index contributed by atoms with van der Waals surface area (Å²) >= 11 is 5.05. The summed E-state index contributed by atoms with van der Waals surface area (Å²) in [5.41, 5.74) is 11.5. The second kappa shape index (κ2) is 6.06. The van der Waals surface area contributed by atoms with Gasteiger partial charge in [-0.05, 0) is 49.6 Å². The number of thiocarbonyl (C=S) groups is 1. The van der Waals surface area contributed by atoms with E-state index >= 15 is 0 Å². The number of ether oxygens (including phenoxy) is 1. The van der Waals surface area contributed by atoms with Crippen LogP contribution in [-0.2, 0) is 6.61 Å². The van der Waals surface area contributed by atoms with E-state index in [9.17, 15) is 0 Å². The zero-order chi connectivity index (χ0) is 14.7. The molecule has 3 heteroatoms. The van der Waals surface area contributed by atoms with Crippen LogP contribution >= 0.6 is 12.2 Å². The van der Waals surface area contributed by atoms with E-state index in [1.54, 1.807) is 0 Å². The maximum absolute atomic E-state index is 5.92. The van der Waals surface area contributed by atoms with Crippen LogP contribution in [-0.4, -0.2) is 4.99 Å². The lowest BCUT2D eigenvalue weighted by Crippen LogP contribution is -2.12. The second-order valence-electron chi connectivity index (χ2n) is 5.03. The van der Waals surface area contributed by atoms with Gasteiger partial charge in [0.2, 0.25) is 0 Å². The van der Waals surface area contributed by atoms with Gasteiger partial charge in [-0.1, -0.05) is 42.0 Å². The van der Waals surface area contributed by atoms with Crippen LogP contribution < -0.4 is 10.5 Å². The Bertz CT molecular complexity index is 626. The number of aryl methyl sites for hydroxylation is 3. The van der Waals surface area contributed by atoms with E-state index in [2.05, 4.69) is 32.9 Å². The van der Waals surface area contributed by atoms with Crippen molar-refractivity contribution in [3.8, 4) is 5.75 Å². The van der Waals surface area contributed by atoms with Crippen LogP contribution in [0.25, 0.3) is 0 Å². The Hall–Kier alpha value is -1.87. The summed E-state index contributed by atoms with van der Waals surface area (Å²) in [4.78, 5) is 0.359. The van der Waals surface area contributed by atoms with Crippen molar-refractivity contribution in [2.24, 2.45) is 5.73 Å². The third-order valence-electron chi connectivity index (χ3n) is 3.36. The number of hydrogen-bond acceptors (Lipinski definition) is 2. The predicted octanol–water partition coefficient (Wildman–Crippen LogP) is 3.83. The molecule has 0 atom stereocenters. The highest BCUT2D eigenvalue weighted by atomic mass is 32.1. The Labute approximate surface area is 125 Å². The Balaban J connectivity index is 2.24. The third kappa shape index (κ3) is 3.17. The molecule has 0 bridgehead atoms. The highest BCUT2D eigenvalue weighted by Crippen LogP contribution is 2.22. The van der Waals surface area contributed by atoms with E-state index < -0.39 is 0 Å². The highest BCUT2D eigenvalue weighted by molar-refractivity contribution is 7.80. The van der Waals surface area contributed by atoms with Crippen molar-refractivity contribution in [3.63, 3.8) is 0 Å². The van der Waals surface area contributed by atoms with Gasteiger partial charge < -0.3 is 10.5 Å². The van der Waals surface area contributed by atoms with Gasteiger partial charge in [0.1, 0.15) is 17.3 Å². The molecule has 0 saturated heterocycles. The van der Waals surface area contributed by atoms with Gasteiger partial charge >= 0.3 is 0 Å². The molecule has 2 aromatic rings. The minimum atomic E-state index is 0.359. The summed E-state index contributed by atoms with van der Waals surface area (Å²) in [5.74, 6) is 0.736. The average molecular weight is 285 g/mol. The highest BCUT2D eigenvalue weighted by Gasteiger charge is 2.08. The molecule has 104 valence electrons.